The number of aryl methyl sites for hydroxylation is 1. The van der Waals surface area contributed by atoms with Gasteiger partial charge in [0.05, 0.1) is 0 Å². The number of rotatable bonds is 2. The fourth-order valence-corrected chi connectivity index (χ4v) is 4.20. The molecule has 2 saturated heterocycles. The Hall–Kier alpha value is -1.33. The largest absolute Gasteiger partial charge is 0.338 e. The van der Waals surface area contributed by atoms with Gasteiger partial charge in [-0.05, 0) is 56.7 Å². The molecule has 24 heavy (non-hydrogen) atoms. The molecular weight excluding hydrogens is 326 g/mol. The highest BCUT2D eigenvalue weighted by Crippen LogP contribution is 2.25. The maximum atomic E-state index is 12.9. The van der Waals surface area contributed by atoms with Crippen molar-refractivity contribution in [3.63, 3.8) is 0 Å². The monoisotopic (exact) mass is 353 g/mol. The van der Waals surface area contributed by atoms with Crippen LogP contribution in [0.1, 0.15) is 47.8 Å². The van der Waals surface area contributed by atoms with Crippen molar-refractivity contribution in [3.05, 3.63) is 33.2 Å². The molecule has 6 heteroatoms. The van der Waals surface area contributed by atoms with Gasteiger partial charge >= 0.3 is 0 Å². The molecule has 0 saturated carbocycles. The molecule has 0 spiro atoms. The molecular formula is C18H28ClN3O2. The van der Waals surface area contributed by atoms with Gasteiger partial charge in [0.2, 0.25) is 0 Å². The standard InChI is InChI=1S/C18H27N3O2.ClH/c1-4-16-12(2)10-14(17(22)20(16)3)18(23)21-9-7-15-13(11-21)6-5-8-19-15;/h10,13,15,19H,4-9,11H2,1-3H3;1H/t13-,15+;/m1./s1. The minimum absolute atomic E-state index is 0. The zero-order valence-corrected chi connectivity index (χ0v) is 15.6. The van der Waals surface area contributed by atoms with Crippen LogP contribution >= 0.6 is 12.4 Å². The van der Waals surface area contributed by atoms with Crippen LogP contribution in [0.3, 0.4) is 0 Å². The summed E-state index contributed by atoms with van der Waals surface area (Å²) in [4.78, 5) is 27.3. The number of carbonyl (C=O) groups is 1. The number of hydrogen-bond acceptors (Lipinski definition) is 3. The molecule has 0 aromatic carbocycles. The van der Waals surface area contributed by atoms with Gasteiger partial charge in [0.15, 0.2) is 0 Å². The SMILES string of the molecule is CCc1c(C)cc(C(=O)N2CC[C@@H]3NCCC[C@@H]3C2)c(=O)n1C.Cl. The number of likely N-dealkylation sites (tertiary alicyclic amines) is 1. The topological polar surface area (TPSA) is 54.3 Å². The van der Waals surface area contributed by atoms with E-state index in [4.69, 9.17) is 0 Å². The van der Waals surface area contributed by atoms with Crippen LogP contribution in [0, 0.1) is 12.8 Å². The number of carbonyl (C=O) groups excluding carboxylic acids is 1. The van der Waals surface area contributed by atoms with Crippen molar-refractivity contribution in [2.45, 2.75) is 45.6 Å². The maximum absolute atomic E-state index is 12.9. The Balaban J connectivity index is 0.00000208. The van der Waals surface area contributed by atoms with E-state index in [0.29, 0.717) is 17.5 Å². The molecule has 5 nitrogen and oxygen atoms in total. The third-order valence-corrected chi connectivity index (χ3v) is 5.50. The first-order valence-electron chi connectivity index (χ1n) is 8.75. The van der Waals surface area contributed by atoms with E-state index in [1.165, 1.54) is 12.8 Å². The van der Waals surface area contributed by atoms with Crippen LogP contribution in [0.25, 0.3) is 0 Å². The Labute approximate surface area is 149 Å². The summed E-state index contributed by atoms with van der Waals surface area (Å²) in [5.74, 6) is 0.432. The van der Waals surface area contributed by atoms with E-state index in [2.05, 4.69) is 5.32 Å². The van der Waals surface area contributed by atoms with Crippen LogP contribution in [0.2, 0.25) is 0 Å². The van der Waals surface area contributed by atoms with Crippen LogP contribution in [-0.2, 0) is 13.5 Å². The molecule has 1 aromatic rings. The average Bonchev–Trinajstić information content (AvgIpc) is 2.57. The number of hydrogen-bond donors (Lipinski definition) is 1. The molecule has 3 heterocycles. The third-order valence-electron chi connectivity index (χ3n) is 5.50. The lowest BCUT2D eigenvalue weighted by atomic mass is 9.85. The minimum Gasteiger partial charge on any atom is -0.338 e. The smallest absolute Gasteiger partial charge is 0.263 e. The Morgan fingerprint density at radius 1 is 1.38 bits per heavy atom. The fraction of sp³-hybridized carbons (Fsp3) is 0.667. The molecule has 1 aromatic heterocycles. The first-order chi connectivity index (χ1) is 11.0. The lowest BCUT2D eigenvalue weighted by Gasteiger charge is -2.41. The van der Waals surface area contributed by atoms with E-state index in [-0.39, 0.29) is 23.9 Å². The van der Waals surface area contributed by atoms with Gasteiger partial charge in [-0.1, -0.05) is 6.92 Å². The Kier molecular flexibility index (Phi) is 6.10. The molecule has 0 radical (unpaired) electrons. The summed E-state index contributed by atoms with van der Waals surface area (Å²) in [6.45, 7) is 6.61. The van der Waals surface area contributed by atoms with Gasteiger partial charge in [0.25, 0.3) is 11.5 Å². The summed E-state index contributed by atoms with van der Waals surface area (Å²) in [7, 11) is 1.77. The van der Waals surface area contributed by atoms with Crippen molar-refractivity contribution >= 4 is 18.3 Å². The summed E-state index contributed by atoms with van der Waals surface area (Å²) in [6, 6.07) is 2.33. The number of piperidine rings is 2. The highest BCUT2D eigenvalue weighted by molar-refractivity contribution is 5.94. The van der Waals surface area contributed by atoms with E-state index in [0.717, 1.165) is 43.7 Å². The summed E-state index contributed by atoms with van der Waals surface area (Å²) in [5, 5.41) is 3.56. The number of fused-ring (bicyclic) bond motifs is 1. The molecule has 0 unspecified atom stereocenters. The van der Waals surface area contributed by atoms with E-state index in [1.807, 2.05) is 18.7 Å². The van der Waals surface area contributed by atoms with Gasteiger partial charge in [0.1, 0.15) is 5.56 Å². The quantitative estimate of drug-likeness (QED) is 0.883. The normalized spacial score (nSPS) is 23.4. The molecule has 0 aliphatic carbocycles. The van der Waals surface area contributed by atoms with Crippen LogP contribution in [0.4, 0.5) is 0 Å². The predicted molar refractivity (Wildman–Crippen MR) is 98.1 cm³/mol. The van der Waals surface area contributed by atoms with Crippen LogP contribution in [0.5, 0.6) is 0 Å². The van der Waals surface area contributed by atoms with Gasteiger partial charge in [0, 0.05) is 31.9 Å². The number of halogens is 1. The van der Waals surface area contributed by atoms with Crippen molar-refractivity contribution in [2.24, 2.45) is 13.0 Å². The fourth-order valence-electron chi connectivity index (χ4n) is 4.20. The summed E-state index contributed by atoms with van der Waals surface area (Å²) in [5.41, 5.74) is 2.18. The van der Waals surface area contributed by atoms with Gasteiger partial charge in [-0.3, -0.25) is 9.59 Å². The second kappa shape index (κ2) is 7.70. The van der Waals surface area contributed by atoms with Crippen molar-refractivity contribution in [1.29, 1.82) is 0 Å². The van der Waals surface area contributed by atoms with Crippen molar-refractivity contribution in [2.75, 3.05) is 19.6 Å². The zero-order valence-electron chi connectivity index (χ0n) is 14.8. The lowest BCUT2D eigenvalue weighted by Crippen LogP contribution is -2.54. The van der Waals surface area contributed by atoms with Crippen LogP contribution < -0.4 is 10.9 Å². The molecule has 134 valence electrons. The van der Waals surface area contributed by atoms with Gasteiger partial charge in [-0.25, -0.2) is 0 Å². The molecule has 3 rings (SSSR count). The summed E-state index contributed by atoms with van der Waals surface area (Å²) >= 11 is 0. The van der Waals surface area contributed by atoms with Crippen molar-refractivity contribution in [1.82, 2.24) is 14.8 Å². The third kappa shape index (κ3) is 3.38. The molecule has 2 fully saturated rings. The highest BCUT2D eigenvalue weighted by atomic mass is 35.5. The number of nitrogens with zero attached hydrogens (tertiary/aromatic N) is 2. The highest BCUT2D eigenvalue weighted by Gasteiger charge is 2.34. The molecule has 2 aliphatic rings. The predicted octanol–water partition coefficient (Wildman–Crippen LogP) is 1.89. The lowest BCUT2D eigenvalue weighted by molar-refractivity contribution is 0.0590. The van der Waals surface area contributed by atoms with Gasteiger partial charge in [-0.2, -0.15) is 0 Å². The first kappa shape index (κ1) is 19.0. The van der Waals surface area contributed by atoms with E-state index < -0.39 is 0 Å². The van der Waals surface area contributed by atoms with Gasteiger partial charge in [-0.15, -0.1) is 12.4 Å². The van der Waals surface area contributed by atoms with Crippen LogP contribution in [-0.4, -0.2) is 41.1 Å². The zero-order chi connectivity index (χ0) is 16.6. The molecule has 1 N–H and O–H groups in total. The maximum Gasteiger partial charge on any atom is 0.263 e. The number of nitrogens with one attached hydrogen (secondary N) is 1. The number of aromatic nitrogens is 1. The Morgan fingerprint density at radius 2 is 2.12 bits per heavy atom. The second-order valence-corrected chi connectivity index (χ2v) is 6.91. The average molecular weight is 354 g/mol. The van der Waals surface area contributed by atoms with Crippen molar-refractivity contribution in [3.8, 4) is 0 Å². The number of amides is 1. The first-order valence-corrected chi connectivity index (χ1v) is 8.75. The van der Waals surface area contributed by atoms with Gasteiger partial charge < -0.3 is 14.8 Å². The van der Waals surface area contributed by atoms with E-state index in [9.17, 15) is 9.59 Å². The van der Waals surface area contributed by atoms with Crippen LogP contribution in [0.15, 0.2) is 10.9 Å². The molecule has 2 aliphatic heterocycles. The molecule has 0 bridgehead atoms. The Bertz CT molecular complexity index is 671. The van der Waals surface area contributed by atoms with Crippen molar-refractivity contribution < 1.29 is 4.79 Å². The number of pyridine rings is 1. The molecule has 1 amide bonds. The van der Waals surface area contributed by atoms with E-state index in [1.54, 1.807) is 17.7 Å². The van der Waals surface area contributed by atoms with E-state index >= 15 is 0 Å². The second-order valence-electron chi connectivity index (χ2n) is 6.91. The minimum atomic E-state index is -0.165. The summed E-state index contributed by atoms with van der Waals surface area (Å²) in [6.07, 6.45) is 4.14. The molecule has 2 atom stereocenters. The Morgan fingerprint density at radius 3 is 2.83 bits per heavy atom. The summed E-state index contributed by atoms with van der Waals surface area (Å²) < 4.78 is 1.64.